The molecule has 2 rings (SSSR count). The van der Waals surface area contributed by atoms with Gasteiger partial charge in [-0.25, -0.2) is 4.68 Å². The van der Waals surface area contributed by atoms with Gasteiger partial charge in [0.1, 0.15) is 11.6 Å². The quantitative estimate of drug-likeness (QED) is 0.909. The van der Waals surface area contributed by atoms with Crippen LogP contribution in [0, 0.1) is 5.92 Å². The highest BCUT2D eigenvalue weighted by atomic mass is 35.5. The zero-order valence-electron chi connectivity index (χ0n) is 10.9. The van der Waals surface area contributed by atoms with Gasteiger partial charge in [-0.2, -0.15) is 18.3 Å². The summed E-state index contributed by atoms with van der Waals surface area (Å²) in [6, 6.07) is 0.0969. The van der Waals surface area contributed by atoms with Crippen LogP contribution in [0.15, 0.2) is 11.0 Å². The molecule has 1 unspecified atom stereocenters. The smallest absolute Gasteiger partial charge is 0.380 e. The number of hydrogen-bond acceptors (Lipinski definition) is 3. The maximum absolute atomic E-state index is 12.3. The summed E-state index contributed by atoms with van der Waals surface area (Å²) >= 11 is 5.82. The van der Waals surface area contributed by atoms with Gasteiger partial charge in [0.2, 0.25) is 0 Å². The Hall–Kier alpha value is -1.24. The Kier molecular flexibility index (Phi) is 4.27. The van der Waals surface area contributed by atoms with Crippen LogP contribution in [0.2, 0.25) is 5.02 Å². The number of aromatic nitrogens is 2. The lowest BCUT2D eigenvalue weighted by molar-refractivity contribution is -0.143. The predicted molar refractivity (Wildman–Crippen MR) is 70.0 cm³/mol. The first-order chi connectivity index (χ1) is 9.26. The molecule has 1 fully saturated rings. The summed E-state index contributed by atoms with van der Waals surface area (Å²) in [5, 5.41) is 6.28. The molecule has 1 N–H and O–H groups in total. The largest absolute Gasteiger partial charge is 0.408 e. The fraction of sp³-hybridized carbons (Fsp3) is 0.667. The van der Waals surface area contributed by atoms with Crippen molar-refractivity contribution in [2.45, 2.75) is 44.9 Å². The van der Waals surface area contributed by atoms with Gasteiger partial charge < -0.3 is 5.32 Å². The van der Waals surface area contributed by atoms with E-state index < -0.39 is 18.3 Å². The van der Waals surface area contributed by atoms with Gasteiger partial charge in [-0.05, 0) is 19.3 Å². The molecule has 8 heteroatoms. The Balaban J connectivity index is 2.11. The summed E-state index contributed by atoms with van der Waals surface area (Å²) in [5.74, 6) is 0.690. The molecule has 112 valence electrons. The number of hydrogen-bond donors (Lipinski definition) is 1. The number of nitrogens with one attached hydrogen (secondary N) is 1. The monoisotopic (exact) mass is 309 g/mol. The van der Waals surface area contributed by atoms with Crippen LogP contribution in [0.3, 0.4) is 0 Å². The van der Waals surface area contributed by atoms with Crippen LogP contribution in [-0.4, -0.2) is 22.0 Å². The van der Waals surface area contributed by atoms with Crippen molar-refractivity contribution in [3.63, 3.8) is 0 Å². The summed E-state index contributed by atoms with van der Waals surface area (Å²) < 4.78 is 37.1. The summed E-state index contributed by atoms with van der Waals surface area (Å²) in [5.41, 5.74) is -0.657. The number of nitrogens with zero attached hydrogens (tertiary/aromatic N) is 2. The van der Waals surface area contributed by atoms with E-state index in [4.69, 9.17) is 11.6 Å². The standard InChI is InChI=1S/C12H15ClF3N3O/c1-7(4-8-2-3-8)18-9-5-17-19(6-12(14,15)16)11(20)10(9)13/h5,7-8,18H,2-4,6H2,1H3. The highest BCUT2D eigenvalue weighted by Crippen LogP contribution is 2.34. The van der Waals surface area contributed by atoms with E-state index in [1.54, 1.807) is 0 Å². The Bertz CT molecular complexity index is 540. The molecule has 0 amide bonds. The molecular formula is C12H15ClF3N3O. The van der Waals surface area contributed by atoms with E-state index >= 15 is 0 Å². The molecule has 0 aliphatic heterocycles. The lowest BCUT2D eigenvalue weighted by Gasteiger charge is -2.16. The molecule has 0 spiro atoms. The second-order valence-corrected chi connectivity index (χ2v) is 5.55. The first kappa shape index (κ1) is 15.2. The molecule has 1 heterocycles. The van der Waals surface area contributed by atoms with E-state index in [9.17, 15) is 18.0 Å². The molecule has 0 saturated heterocycles. The lowest BCUT2D eigenvalue weighted by Crippen LogP contribution is -2.31. The summed E-state index contributed by atoms with van der Waals surface area (Å²) in [6.07, 6.45) is 0.00552. The van der Waals surface area contributed by atoms with Gasteiger partial charge in [0, 0.05) is 6.04 Å². The summed E-state index contributed by atoms with van der Waals surface area (Å²) in [6.45, 7) is 0.499. The van der Waals surface area contributed by atoms with Crippen LogP contribution in [0.4, 0.5) is 18.9 Å². The van der Waals surface area contributed by atoms with Crippen LogP contribution in [0.25, 0.3) is 0 Å². The number of alkyl halides is 3. The van der Waals surface area contributed by atoms with Crippen molar-refractivity contribution in [2.75, 3.05) is 5.32 Å². The average molecular weight is 310 g/mol. The van der Waals surface area contributed by atoms with E-state index in [-0.39, 0.29) is 16.8 Å². The molecular weight excluding hydrogens is 295 g/mol. The Morgan fingerprint density at radius 3 is 2.75 bits per heavy atom. The Morgan fingerprint density at radius 2 is 2.20 bits per heavy atom. The first-order valence-electron chi connectivity index (χ1n) is 6.35. The van der Waals surface area contributed by atoms with Crippen LogP contribution in [0.1, 0.15) is 26.2 Å². The van der Waals surface area contributed by atoms with E-state index in [0.29, 0.717) is 10.6 Å². The maximum Gasteiger partial charge on any atom is 0.408 e. The van der Waals surface area contributed by atoms with Crippen molar-refractivity contribution in [3.05, 3.63) is 21.6 Å². The Labute approximate surface area is 118 Å². The van der Waals surface area contributed by atoms with E-state index in [1.807, 2.05) is 6.92 Å². The highest BCUT2D eigenvalue weighted by molar-refractivity contribution is 6.32. The molecule has 0 radical (unpaired) electrons. The van der Waals surface area contributed by atoms with Crippen LogP contribution < -0.4 is 10.9 Å². The zero-order chi connectivity index (χ0) is 14.9. The third-order valence-electron chi connectivity index (χ3n) is 3.10. The lowest BCUT2D eigenvalue weighted by atomic mass is 10.1. The number of anilines is 1. The van der Waals surface area contributed by atoms with Gasteiger partial charge in [-0.15, -0.1) is 0 Å². The van der Waals surface area contributed by atoms with Gasteiger partial charge in [0.05, 0.1) is 11.9 Å². The molecule has 1 atom stereocenters. The fourth-order valence-corrected chi connectivity index (χ4v) is 2.23. The first-order valence-corrected chi connectivity index (χ1v) is 6.73. The molecule has 0 bridgehead atoms. The predicted octanol–water partition coefficient (Wildman–Crippen LogP) is 3.06. The zero-order valence-corrected chi connectivity index (χ0v) is 11.6. The van der Waals surface area contributed by atoms with Gasteiger partial charge >= 0.3 is 6.18 Å². The minimum absolute atomic E-state index is 0.0969. The van der Waals surface area contributed by atoms with Crippen molar-refractivity contribution in [1.29, 1.82) is 0 Å². The second kappa shape index (κ2) is 5.63. The van der Waals surface area contributed by atoms with Crippen molar-refractivity contribution in [1.82, 2.24) is 9.78 Å². The molecule has 1 aliphatic rings. The highest BCUT2D eigenvalue weighted by Gasteiger charge is 2.30. The molecule has 4 nitrogen and oxygen atoms in total. The van der Waals surface area contributed by atoms with Crippen LogP contribution >= 0.6 is 11.6 Å². The van der Waals surface area contributed by atoms with Crippen molar-refractivity contribution < 1.29 is 13.2 Å². The van der Waals surface area contributed by atoms with Crippen molar-refractivity contribution >= 4 is 17.3 Å². The topological polar surface area (TPSA) is 46.9 Å². The molecule has 0 aromatic carbocycles. The van der Waals surface area contributed by atoms with Gasteiger partial charge in [0.15, 0.2) is 0 Å². The summed E-state index contributed by atoms with van der Waals surface area (Å²) in [7, 11) is 0. The molecule has 1 aliphatic carbocycles. The SMILES string of the molecule is CC(CC1CC1)Nc1cnn(CC(F)(F)F)c(=O)c1Cl. The number of rotatable bonds is 5. The minimum atomic E-state index is -4.51. The third-order valence-corrected chi connectivity index (χ3v) is 3.46. The maximum atomic E-state index is 12.3. The van der Waals surface area contributed by atoms with Gasteiger partial charge in [-0.3, -0.25) is 4.79 Å². The average Bonchev–Trinajstić information content (AvgIpc) is 3.11. The van der Waals surface area contributed by atoms with Gasteiger partial charge in [0.25, 0.3) is 5.56 Å². The van der Waals surface area contributed by atoms with Crippen molar-refractivity contribution in [3.8, 4) is 0 Å². The van der Waals surface area contributed by atoms with Gasteiger partial charge in [-0.1, -0.05) is 24.4 Å². The fourth-order valence-electron chi connectivity index (χ4n) is 2.03. The van der Waals surface area contributed by atoms with E-state index in [2.05, 4.69) is 10.4 Å². The molecule has 20 heavy (non-hydrogen) atoms. The molecule has 1 saturated carbocycles. The third kappa shape index (κ3) is 4.13. The molecule has 1 aromatic rings. The second-order valence-electron chi connectivity index (χ2n) is 5.17. The summed E-state index contributed by atoms with van der Waals surface area (Å²) in [4.78, 5) is 11.7. The van der Waals surface area contributed by atoms with E-state index in [0.717, 1.165) is 6.42 Å². The Morgan fingerprint density at radius 1 is 1.55 bits per heavy atom. The van der Waals surface area contributed by atoms with E-state index in [1.165, 1.54) is 19.0 Å². The number of halogens is 4. The normalized spacial score (nSPS) is 17.1. The molecule has 1 aromatic heterocycles. The van der Waals surface area contributed by atoms with Crippen LogP contribution in [-0.2, 0) is 6.54 Å². The minimum Gasteiger partial charge on any atom is -0.380 e. The van der Waals surface area contributed by atoms with Crippen molar-refractivity contribution in [2.24, 2.45) is 5.92 Å². The van der Waals surface area contributed by atoms with Crippen LogP contribution in [0.5, 0.6) is 0 Å².